The average molecular weight is 215 g/mol. The maximum absolute atomic E-state index is 2.45. The van der Waals surface area contributed by atoms with E-state index in [0.29, 0.717) is 5.41 Å². The van der Waals surface area contributed by atoms with Gasteiger partial charge >= 0.3 is 91.5 Å². The molecule has 0 aliphatic heterocycles. The van der Waals surface area contributed by atoms with Crippen LogP contribution in [-0.2, 0) is 17.0 Å². The van der Waals surface area contributed by atoms with Crippen LogP contribution in [0.5, 0.6) is 0 Å². The van der Waals surface area contributed by atoms with Crippen LogP contribution >= 0.6 is 0 Å². The fourth-order valence-corrected chi connectivity index (χ4v) is 1.33. The summed E-state index contributed by atoms with van der Waals surface area (Å²) in [5.41, 5.74) is 1.77. The summed E-state index contributed by atoms with van der Waals surface area (Å²) in [4.78, 5) is 0. The molecule has 0 rings (SSSR count). The zero-order valence-electron chi connectivity index (χ0n) is 9.17. The third kappa shape index (κ3) is 9.85. The standard InChI is InChI=1S/C12H20.V/c1-6-11(2)9-7-8-10-12(3,4)5;/h1,6-7,9H,8,10H2,2-5H3;. The predicted octanol–water partition coefficient (Wildman–Crippen LogP) is 3.66. The van der Waals surface area contributed by atoms with Crippen LogP contribution in [0, 0.1) is 5.41 Å². The van der Waals surface area contributed by atoms with Gasteiger partial charge in [-0.05, 0) is 0 Å². The minimum atomic E-state index is 0.454. The molecule has 0 saturated carbocycles. The number of hydrogen-bond acceptors (Lipinski definition) is 0. The van der Waals surface area contributed by atoms with Gasteiger partial charge in [0.05, 0.1) is 0 Å². The Bertz CT molecular complexity index is 204. The summed E-state index contributed by atoms with van der Waals surface area (Å²) in [6, 6.07) is 0. The van der Waals surface area contributed by atoms with E-state index < -0.39 is 0 Å². The van der Waals surface area contributed by atoms with Crippen LogP contribution in [0.25, 0.3) is 0 Å². The first-order chi connectivity index (χ1) is 5.95. The quantitative estimate of drug-likeness (QED) is 0.628. The molecule has 0 amide bonds. The van der Waals surface area contributed by atoms with E-state index in [1.807, 2.05) is 4.73 Å². The molecule has 0 spiro atoms. The molecule has 0 aromatic rings. The van der Waals surface area contributed by atoms with Crippen LogP contribution in [-0.4, -0.2) is 4.73 Å². The Kier molecular flexibility index (Phi) is 6.37. The van der Waals surface area contributed by atoms with Gasteiger partial charge in [0.2, 0.25) is 0 Å². The Morgan fingerprint density at radius 1 is 1.31 bits per heavy atom. The molecule has 0 fully saturated rings. The van der Waals surface area contributed by atoms with Crippen molar-refractivity contribution in [2.24, 2.45) is 5.41 Å². The van der Waals surface area contributed by atoms with Crippen molar-refractivity contribution in [1.82, 2.24) is 0 Å². The van der Waals surface area contributed by atoms with Gasteiger partial charge in [-0.1, -0.05) is 0 Å². The average Bonchev–Trinajstić information content (AvgIpc) is 1.97. The van der Waals surface area contributed by atoms with Gasteiger partial charge in [-0.15, -0.1) is 0 Å². The first-order valence-corrected chi connectivity index (χ1v) is 5.57. The Morgan fingerprint density at radius 2 is 1.92 bits per heavy atom. The molecule has 73 valence electrons. The molecule has 0 bridgehead atoms. The molecular weight excluding hydrogens is 195 g/mol. The number of hydrogen-bond donors (Lipinski definition) is 0. The summed E-state index contributed by atoms with van der Waals surface area (Å²) in [5, 5.41) is 0. The molecule has 0 saturated heterocycles. The fraction of sp³-hybridized carbons (Fsp3) is 0.583. The normalized spacial score (nSPS) is 13.6. The molecule has 0 unspecified atom stereocenters. The van der Waals surface area contributed by atoms with E-state index in [-0.39, 0.29) is 0 Å². The van der Waals surface area contributed by atoms with Crippen molar-refractivity contribution in [1.29, 1.82) is 0 Å². The Labute approximate surface area is 91.6 Å². The van der Waals surface area contributed by atoms with Crippen LogP contribution in [0.1, 0.15) is 40.5 Å². The first-order valence-electron chi connectivity index (χ1n) is 4.76. The van der Waals surface area contributed by atoms with Crippen LogP contribution in [0.4, 0.5) is 0 Å². The summed E-state index contributed by atoms with van der Waals surface area (Å²) in [5.74, 6) is 0. The fourth-order valence-electron chi connectivity index (χ4n) is 0.959. The molecule has 0 aromatic heterocycles. The summed E-state index contributed by atoms with van der Waals surface area (Å²) < 4.78 is 2.01. The molecule has 0 aromatic carbocycles. The van der Waals surface area contributed by atoms with Crippen molar-refractivity contribution in [2.45, 2.75) is 40.5 Å². The van der Waals surface area contributed by atoms with Crippen molar-refractivity contribution in [3.05, 3.63) is 23.8 Å². The van der Waals surface area contributed by atoms with Gasteiger partial charge in [0.1, 0.15) is 0 Å². The van der Waals surface area contributed by atoms with Crippen molar-refractivity contribution < 1.29 is 17.0 Å². The molecule has 0 aliphatic rings. The van der Waals surface area contributed by atoms with E-state index in [1.54, 1.807) is 0 Å². The third-order valence-electron chi connectivity index (χ3n) is 1.78. The topological polar surface area (TPSA) is 0 Å². The Morgan fingerprint density at radius 3 is 2.38 bits per heavy atom. The van der Waals surface area contributed by atoms with Gasteiger partial charge in [0.25, 0.3) is 0 Å². The Balaban J connectivity index is 3.77. The first kappa shape index (κ1) is 12.9. The van der Waals surface area contributed by atoms with E-state index in [0.717, 1.165) is 0 Å². The molecule has 0 aliphatic carbocycles. The monoisotopic (exact) mass is 215 g/mol. The number of rotatable bonds is 4. The van der Waals surface area contributed by atoms with Crippen LogP contribution in [0.2, 0.25) is 0 Å². The van der Waals surface area contributed by atoms with Crippen molar-refractivity contribution >= 4 is 4.73 Å². The predicted molar refractivity (Wildman–Crippen MR) is 57.7 cm³/mol. The molecular formula is C12H20V. The molecule has 0 radical (unpaired) electrons. The van der Waals surface area contributed by atoms with Crippen LogP contribution in [0.3, 0.4) is 0 Å². The van der Waals surface area contributed by atoms with Crippen molar-refractivity contribution in [3.8, 4) is 0 Å². The Hall–Kier alpha value is -0.0656. The summed E-state index contributed by atoms with van der Waals surface area (Å²) in [7, 11) is 0. The number of allylic oxidation sites excluding steroid dienone is 4. The zero-order chi connectivity index (χ0) is 10.3. The van der Waals surface area contributed by atoms with Gasteiger partial charge in [-0.3, -0.25) is 0 Å². The minimum absolute atomic E-state index is 0.454. The molecule has 0 N–H and O–H groups in total. The van der Waals surface area contributed by atoms with E-state index in [4.69, 9.17) is 0 Å². The van der Waals surface area contributed by atoms with E-state index in [9.17, 15) is 0 Å². The van der Waals surface area contributed by atoms with E-state index >= 15 is 0 Å². The van der Waals surface area contributed by atoms with Crippen molar-refractivity contribution in [2.75, 3.05) is 0 Å². The summed E-state index contributed by atoms with van der Waals surface area (Å²) >= 11 is 2.45. The van der Waals surface area contributed by atoms with Gasteiger partial charge in [-0.2, -0.15) is 0 Å². The molecule has 0 heterocycles. The second-order valence-electron chi connectivity index (χ2n) is 4.56. The van der Waals surface area contributed by atoms with Gasteiger partial charge in [0.15, 0.2) is 0 Å². The molecule has 13 heavy (non-hydrogen) atoms. The summed E-state index contributed by atoms with van der Waals surface area (Å²) in [6.45, 7) is 8.96. The van der Waals surface area contributed by atoms with Gasteiger partial charge < -0.3 is 0 Å². The summed E-state index contributed by atoms with van der Waals surface area (Å²) in [6.07, 6.45) is 8.98. The van der Waals surface area contributed by atoms with Gasteiger partial charge in [0, 0.05) is 0 Å². The molecule has 0 atom stereocenters. The van der Waals surface area contributed by atoms with Gasteiger partial charge in [-0.25, -0.2) is 0 Å². The second-order valence-corrected chi connectivity index (χ2v) is 5.03. The maximum atomic E-state index is 2.45. The van der Waals surface area contributed by atoms with Crippen molar-refractivity contribution in [3.63, 3.8) is 0 Å². The third-order valence-corrected chi connectivity index (χ3v) is 2.01. The SMILES string of the molecule is CC(C=CCCC(C)(C)C)=C[CH]=[V]. The van der Waals surface area contributed by atoms with E-state index in [2.05, 4.69) is 62.9 Å². The second kappa shape index (κ2) is 6.40. The molecule has 0 nitrogen and oxygen atoms in total. The van der Waals surface area contributed by atoms with Crippen LogP contribution < -0.4 is 0 Å². The van der Waals surface area contributed by atoms with E-state index in [1.165, 1.54) is 18.4 Å². The van der Waals surface area contributed by atoms with Crippen LogP contribution in [0.15, 0.2) is 23.8 Å². The molecule has 1 heteroatoms. The zero-order valence-corrected chi connectivity index (χ0v) is 10.6.